The molecule has 0 N–H and O–H groups in total. The van der Waals surface area contributed by atoms with E-state index < -0.39 is 0 Å². The van der Waals surface area contributed by atoms with Crippen LogP contribution in [-0.4, -0.2) is 52.9 Å². The monoisotopic (exact) mass is 304 g/mol. The second kappa shape index (κ2) is 6.84. The van der Waals surface area contributed by atoms with E-state index in [1.165, 1.54) is 11.3 Å². The van der Waals surface area contributed by atoms with Gasteiger partial charge in [0.05, 0.1) is 0 Å². The van der Waals surface area contributed by atoms with Gasteiger partial charge in [0.2, 0.25) is 5.91 Å². The van der Waals surface area contributed by atoms with Gasteiger partial charge in [0.25, 0.3) is 0 Å². The van der Waals surface area contributed by atoms with Crippen LogP contribution in [0.1, 0.15) is 31.4 Å². The number of benzene rings is 1. The highest BCUT2D eigenvalue weighted by Crippen LogP contribution is 2.35. The van der Waals surface area contributed by atoms with Crippen LogP contribution in [0.25, 0.3) is 0 Å². The van der Waals surface area contributed by atoms with Gasteiger partial charge in [0, 0.05) is 49.6 Å². The molecule has 0 radical (unpaired) electrons. The van der Waals surface area contributed by atoms with Gasteiger partial charge in [0.15, 0.2) is 0 Å². The number of likely N-dealkylation sites (tertiary alicyclic amines) is 1. The molecule has 0 aliphatic carbocycles. The third-order valence-corrected chi connectivity index (χ3v) is 5.77. The Morgan fingerprint density at radius 1 is 1.19 bits per heavy atom. The minimum absolute atomic E-state index is 0.339. The van der Waals surface area contributed by atoms with Crippen molar-refractivity contribution in [2.24, 2.45) is 0 Å². The van der Waals surface area contributed by atoms with E-state index in [0.29, 0.717) is 17.2 Å². The fourth-order valence-corrected chi connectivity index (χ4v) is 4.68. The molecule has 2 atom stereocenters. The molecular formula is C17H24N2OS. The summed E-state index contributed by atoms with van der Waals surface area (Å²) in [7, 11) is 0. The van der Waals surface area contributed by atoms with Crippen LogP contribution in [0.4, 0.5) is 0 Å². The van der Waals surface area contributed by atoms with Crippen LogP contribution in [0.15, 0.2) is 30.3 Å². The minimum Gasteiger partial charge on any atom is -0.341 e. The lowest BCUT2D eigenvalue weighted by Crippen LogP contribution is -2.44. The molecule has 3 rings (SSSR count). The number of rotatable bonds is 4. The molecular weight excluding hydrogens is 280 g/mol. The van der Waals surface area contributed by atoms with Gasteiger partial charge >= 0.3 is 0 Å². The average molecular weight is 304 g/mol. The molecule has 2 fully saturated rings. The number of carbonyl (C=O) groups is 1. The van der Waals surface area contributed by atoms with Crippen molar-refractivity contribution in [3.8, 4) is 0 Å². The molecule has 0 bridgehead atoms. The van der Waals surface area contributed by atoms with Crippen molar-refractivity contribution >= 4 is 17.7 Å². The Bertz CT molecular complexity index is 479. The second-order valence-corrected chi connectivity index (χ2v) is 7.44. The summed E-state index contributed by atoms with van der Waals surface area (Å²) >= 11 is 2.06. The maximum atomic E-state index is 11.8. The van der Waals surface area contributed by atoms with E-state index in [4.69, 9.17) is 0 Å². The van der Waals surface area contributed by atoms with Gasteiger partial charge in [-0.2, -0.15) is 11.8 Å². The number of hydrogen-bond donors (Lipinski definition) is 0. The second-order valence-electron chi connectivity index (χ2n) is 5.95. The third kappa shape index (κ3) is 3.43. The first-order valence-corrected chi connectivity index (χ1v) is 8.99. The molecule has 0 aromatic heterocycles. The Hall–Kier alpha value is -1.00. The lowest BCUT2D eigenvalue weighted by molar-refractivity contribution is -0.127. The van der Waals surface area contributed by atoms with Gasteiger partial charge in [-0.3, -0.25) is 9.69 Å². The summed E-state index contributed by atoms with van der Waals surface area (Å²) in [6.07, 6.45) is 1.78. The summed E-state index contributed by atoms with van der Waals surface area (Å²) in [5, 5.41) is 0.607. The zero-order valence-electron chi connectivity index (χ0n) is 12.7. The van der Waals surface area contributed by atoms with Crippen molar-refractivity contribution in [1.82, 2.24) is 9.80 Å². The zero-order valence-corrected chi connectivity index (χ0v) is 13.5. The maximum Gasteiger partial charge on any atom is 0.222 e. The van der Waals surface area contributed by atoms with E-state index in [9.17, 15) is 4.79 Å². The quantitative estimate of drug-likeness (QED) is 0.854. The normalized spacial score (nSPS) is 27.3. The molecule has 4 heteroatoms. The highest BCUT2D eigenvalue weighted by molar-refractivity contribution is 8.00. The Kier molecular flexibility index (Phi) is 4.86. The molecule has 1 aromatic carbocycles. The van der Waals surface area contributed by atoms with Gasteiger partial charge in [-0.25, -0.2) is 0 Å². The van der Waals surface area contributed by atoms with Crippen molar-refractivity contribution in [1.29, 1.82) is 0 Å². The van der Waals surface area contributed by atoms with Crippen LogP contribution in [0.3, 0.4) is 0 Å². The SMILES string of the molecule is C[C@H]1SCCN(CCN2CCCC2=O)[C@H]1c1ccccc1. The molecule has 3 nitrogen and oxygen atoms in total. The number of amides is 1. The van der Waals surface area contributed by atoms with Crippen LogP contribution >= 0.6 is 11.8 Å². The Balaban J connectivity index is 1.68. The first-order chi connectivity index (χ1) is 10.3. The smallest absolute Gasteiger partial charge is 0.222 e. The molecule has 114 valence electrons. The average Bonchev–Trinajstić information content (AvgIpc) is 2.91. The molecule has 2 aliphatic heterocycles. The third-order valence-electron chi connectivity index (χ3n) is 4.57. The number of thioether (sulfide) groups is 1. The van der Waals surface area contributed by atoms with Crippen molar-refractivity contribution in [2.75, 3.05) is 31.9 Å². The van der Waals surface area contributed by atoms with Gasteiger partial charge in [-0.05, 0) is 12.0 Å². The van der Waals surface area contributed by atoms with E-state index in [0.717, 1.165) is 39.0 Å². The number of hydrogen-bond acceptors (Lipinski definition) is 3. The molecule has 1 aromatic rings. The Morgan fingerprint density at radius 3 is 2.71 bits per heavy atom. The van der Waals surface area contributed by atoms with Crippen LogP contribution < -0.4 is 0 Å². The number of carbonyl (C=O) groups excluding carboxylic acids is 1. The first-order valence-electron chi connectivity index (χ1n) is 7.94. The van der Waals surface area contributed by atoms with E-state index in [1.807, 2.05) is 4.90 Å². The standard InChI is InChI=1S/C17H24N2OS/c1-14-17(15-6-3-2-4-7-15)19(12-13-21-14)11-10-18-9-5-8-16(18)20/h2-4,6-7,14,17H,5,8-13H2,1H3/t14-,17-/m1/s1. The summed E-state index contributed by atoms with van der Waals surface area (Å²) in [5.74, 6) is 1.53. The van der Waals surface area contributed by atoms with Crippen molar-refractivity contribution in [2.45, 2.75) is 31.1 Å². The van der Waals surface area contributed by atoms with Crippen molar-refractivity contribution in [3.63, 3.8) is 0 Å². The largest absolute Gasteiger partial charge is 0.341 e. The molecule has 1 amide bonds. The molecule has 2 aliphatic rings. The highest BCUT2D eigenvalue weighted by Gasteiger charge is 2.31. The van der Waals surface area contributed by atoms with Crippen LogP contribution in [0, 0.1) is 0 Å². The van der Waals surface area contributed by atoms with Crippen LogP contribution in [0.5, 0.6) is 0 Å². The summed E-state index contributed by atoms with van der Waals surface area (Å²) in [5.41, 5.74) is 1.41. The van der Waals surface area contributed by atoms with Gasteiger partial charge in [-0.15, -0.1) is 0 Å². The fraction of sp³-hybridized carbons (Fsp3) is 0.588. The first kappa shape index (κ1) is 14.9. The molecule has 0 spiro atoms. The van der Waals surface area contributed by atoms with E-state index >= 15 is 0 Å². The van der Waals surface area contributed by atoms with Gasteiger partial charge in [0.1, 0.15) is 0 Å². The lowest BCUT2D eigenvalue weighted by Gasteiger charge is -2.40. The van der Waals surface area contributed by atoms with Crippen LogP contribution in [0.2, 0.25) is 0 Å². The summed E-state index contributed by atoms with van der Waals surface area (Å²) < 4.78 is 0. The topological polar surface area (TPSA) is 23.6 Å². The predicted octanol–water partition coefficient (Wildman–Crippen LogP) is 2.79. The van der Waals surface area contributed by atoms with E-state index in [-0.39, 0.29) is 0 Å². The van der Waals surface area contributed by atoms with Gasteiger partial charge in [-0.1, -0.05) is 37.3 Å². The summed E-state index contributed by atoms with van der Waals surface area (Å²) in [6, 6.07) is 11.3. The molecule has 21 heavy (non-hydrogen) atoms. The van der Waals surface area contributed by atoms with E-state index in [1.54, 1.807) is 0 Å². The van der Waals surface area contributed by atoms with Crippen molar-refractivity contribution in [3.05, 3.63) is 35.9 Å². The number of nitrogens with zero attached hydrogens (tertiary/aromatic N) is 2. The Labute approximate surface area is 131 Å². The summed E-state index contributed by atoms with van der Waals surface area (Å²) in [6.45, 7) is 6.29. The Morgan fingerprint density at radius 2 is 2.00 bits per heavy atom. The lowest BCUT2D eigenvalue weighted by atomic mass is 10.0. The van der Waals surface area contributed by atoms with Gasteiger partial charge < -0.3 is 4.90 Å². The molecule has 2 saturated heterocycles. The maximum absolute atomic E-state index is 11.8. The zero-order chi connectivity index (χ0) is 14.7. The predicted molar refractivity (Wildman–Crippen MR) is 88.5 cm³/mol. The molecule has 2 heterocycles. The van der Waals surface area contributed by atoms with Crippen molar-refractivity contribution < 1.29 is 4.79 Å². The highest BCUT2D eigenvalue weighted by atomic mass is 32.2. The molecule has 0 saturated carbocycles. The van der Waals surface area contributed by atoms with E-state index in [2.05, 4.69) is 53.9 Å². The minimum atomic E-state index is 0.339. The molecule has 0 unspecified atom stereocenters. The van der Waals surface area contributed by atoms with Crippen LogP contribution in [-0.2, 0) is 4.79 Å². The fourth-order valence-electron chi connectivity index (χ4n) is 3.46. The summed E-state index contributed by atoms with van der Waals surface area (Å²) in [4.78, 5) is 16.4.